The first kappa shape index (κ1) is 21.9. The van der Waals surface area contributed by atoms with Crippen molar-refractivity contribution in [3.8, 4) is 17.3 Å². The second kappa shape index (κ2) is 9.90. The molecule has 1 amide bonds. The van der Waals surface area contributed by atoms with Crippen LogP contribution in [0, 0.1) is 0 Å². The summed E-state index contributed by atoms with van der Waals surface area (Å²) in [6, 6.07) is 16.6. The Kier molecular flexibility index (Phi) is 6.58. The standard InChI is InChI=1S/C24H25N7O2/c1-16(17-6-5-9-20(13-17)33-3)28-24(32)18-7-4-8-19(12-18)26-14-22-29-30-23(31(22)2)21-10-11-25-15-27-21/h4-13,15-16,26H,14H2,1-3H3,(H,28,32). The van der Waals surface area contributed by atoms with E-state index in [1.165, 1.54) is 6.33 Å². The minimum atomic E-state index is -0.164. The maximum Gasteiger partial charge on any atom is 0.251 e. The molecular weight excluding hydrogens is 418 g/mol. The van der Waals surface area contributed by atoms with Crippen molar-refractivity contribution in [2.75, 3.05) is 12.4 Å². The van der Waals surface area contributed by atoms with Crippen molar-refractivity contribution in [3.05, 3.63) is 84.1 Å². The lowest BCUT2D eigenvalue weighted by Gasteiger charge is -2.16. The van der Waals surface area contributed by atoms with E-state index in [1.807, 2.05) is 61.0 Å². The lowest BCUT2D eigenvalue weighted by atomic mass is 10.1. The predicted molar refractivity (Wildman–Crippen MR) is 125 cm³/mol. The van der Waals surface area contributed by atoms with Gasteiger partial charge < -0.3 is 19.9 Å². The van der Waals surface area contributed by atoms with E-state index in [9.17, 15) is 4.79 Å². The van der Waals surface area contributed by atoms with Gasteiger partial charge in [0.15, 0.2) is 11.6 Å². The average molecular weight is 444 g/mol. The molecule has 2 aromatic carbocycles. The molecule has 4 aromatic rings. The quantitative estimate of drug-likeness (QED) is 0.430. The highest BCUT2D eigenvalue weighted by Crippen LogP contribution is 2.20. The molecule has 0 aliphatic heterocycles. The summed E-state index contributed by atoms with van der Waals surface area (Å²) < 4.78 is 7.15. The van der Waals surface area contributed by atoms with Crippen LogP contribution >= 0.6 is 0 Å². The number of aromatic nitrogens is 5. The van der Waals surface area contributed by atoms with Crippen LogP contribution in [0.1, 0.15) is 34.7 Å². The molecule has 0 radical (unpaired) electrons. The lowest BCUT2D eigenvalue weighted by Crippen LogP contribution is -2.26. The van der Waals surface area contributed by atoms with Crippen molar-refractivity contribution in [3.63, 3.8) is 0 Å². The second-order valence-electron chi connectivity index (χ2n) is 7.50. The van der Waals surface area contributed by atoms with Crippen LogP contribution in [0.25, 0.3) is 11.5 Å². The summed E-state index contributed by atoms with van der Waals surface area (Å²) in [7, 11) is 3.51. The van der Waals surface area contributed by atoms with Crippen LogP contribution < -0.4 is 15.4 Å². The van der Waals surface area contributed by atoms with Crippen molar-refractivity contribution in [2.45, 2.75) is 19.5 Å². The van der Waals surface area contributed by atoms with Gasteiger partial charge in [0.2, 0.25) is 0 Å². The number of nitrogens with one attached hydrogen (secondary N) is 2. The van der Waals surface area contributed by atoms with Gasteiger partial charge in [-0.15, -0.1) is 10.2 Å². The Morgan fingerprint density at radius 1 is 1.12 bits per heavy atom. The third-order valence-corrected chi connectivity index (χ3v) is 5.29. The van der Waals surface area contributed by atoms with Crippen molar-refractivity contribution in [1.29, 1.82) is 0 Å². The molecule has 0 fully saturated rings. The number of methoxy groups -OCH3 is 1. The Morgan fingerprint density at radius 3 is 2.76 bits per heavy atom. The van der Waals surface area contributed by atoms with Crippen molar-refractivity contribution < 1.29 is 9.53 Å². The molecule has 0 aliphatic rings. The molecule has 0 saturated heterocycles. The largest absolute Gasteiger partial charge is 0.497 e. The van der Waals surface area contributed by atoms with E-state index >= 15 is 0 Å². The summed E-state index contributed by atoms with van der Waals surface area (Å²) in [6.07, 6.45) is 3.15. The molecule has 9 nitrogen and oxygen atoms in total. The number of carbonyl (C=O) groups is 1. The minimum Gasteiger partial charge on any atom is -0.497 e. The molecule has 1 unspecified atom stereocenters. The zero-order valence-electron chi connectivity index (χ0n) is 18.7. The molecule has 168 valence electrons. The van der Waals surface area contributed by atoms with Crippen molar-refractivity contribution in [1.82, 2.24) is 30.0 Å². The third kappa shape index (κ3) is 5.15. The molecule has 0 bridgehead atoms. The second-order valence-corrected chi connectivity index (χ2v) is 7.50. The number of rotatable bonds is 8. The third-order valence-electron chi connectivity index (χ3n) is 5.29. The van der Waals surface area contributed by atoms with E-state index in [-0.39, 0.29) is 11.9 Å². The molecule has 0 saturated carbocycles. The molecule has 1 atom stereocenters. The Balaban J connectivity index is 1.41. The highest BCUT2D eigenvalue weighted by atomic mass is 16.5. The van der Waals surface area contributed by atoms with E-state index < -0.39 is 0 Å². The van der Waals surface area contributed by atoms with E-state index in [0.29, 0.717) is 23.6 Å². The Morgan fingerprint density at radius 2 is 1.97 bits per heavy atom. The molecule has 9 heteroatoms. The highest BCUT2D eigenvalue weighted by Gasteiger charge is 2.14. The van der Waals surface area contributed by atoms with Crippen LogP contribution in [0.5, 0.6) is 5.75 Å². The Hall–Kier alpha value is -4.27. The molecule has 4 rings (SSSR count). The first-order valence-electron chi connectivity index (χ1n) is 10.5. The van der Waals surface area contributed by atoms with Gasteiger partial charge in [0.1, 0.15) is 17.8 Å². The van der Waals surface area contributed by atoms with Gasteiger partial charge in [-0.2, -0.15) is 0 Å². The van der Waals surface area contributed by atoms with Crippen LogP contribution in [0.3, 0.4) is 0 Å². The Bertz CT molecular complexity index is 1240. The van der Waals surface area contributed by atoms with E-state index in [0.717, 1.165) is 22.8 Å². The maximum absolute atomic E-state index is 12.8. The van der Waals surface area contributed by atoms with Gasteiger partial charge in [-0.1, -0.05) is 18.2 Å². The average Bonchev–Trinajstić information content (AvgIpc) is 3.23. The van der Waals surface area contributed by atoms with Gasteiger partial charge in [0.05, 0.1) is 19.7 Å². The van der Waals surface area contributed by atoms with Crippen LogP contribution in [-0.4, -0.2) is 37.7 Å². The number of ether oxygens (including phenoxy) is 1. The van der Waals surface area contributed by atoms with Crippen molar-refractivity contribution in [2.24, 2.45) is 7.05 Å². The maximum atomic E-state index is 12.8. The van der Waals surface area contributed by atoms with Gasteiger partial charge in [0.25, 0.3) is 5.91 Å². The smallest absolute Gasteiger partial charge is 0.251 e. The summed E-state index contributed by atoms with van der Waals surface area (Å²) in [5.41, 5.74) is 3.05. The number of nitrogens with zero attached hydrogens (tertiary/aromatic N) is 5. The highest BCUT2D eigenvalue weighted by molar-refractivity contribution is 5.95. The molecule has 2 heterocycles. The number of benzene rings is 2. The Labute approximate surface area is 191 Å². The summed E-state index contributed by atoms with van der Waals surface area (Å²) in [4.78, 5) is 21.0. The molecule has 0 spiro atoms. The van der Waals surface area contributed by atoms with Crippen LogP contribution in [0.15, 0.2) is 67.1 Å². The number of carbonyl (C=O) groups excluding carboxylic acids is 1. The molecule has 2 N–H and O–H groups in total. The number of hydrogen-bond donors (Lipinski definition) is 2. The molecule has 33 heavy (non-hydrogen) atoms. The van der Waals surface area contributed by atoms with Crippen LogP contribution in [-0.2, 0) is 13.6 Å². The molecular formula is C24H25N7O2. The number of anilines is 1. The summed E-state index contributed by atoms with van der Waals surface area (Å²) >= 11 is 0. The fourth-order valence-electron chi connectivity index (χ4n) is 3.39. The van der Waals surface area contributed by atoms with Gasteiger partial charge in [-0.05, 0) is 48.9 Å². The monoisotopic (exact) mass is 443 g/mol. The normalized spacial score (nSPS) is 11.6. The number of hydrogen-bond acceptors (Lipinski definition) is 7. The van der Waals surface area contributed by atoms with Gasteiger partial charge in [-0.25, -0.2) is 9.97 Å². The van der Waals surface area contributed by atoms with E-state index in [1.54, 1.807) is 25.4 Å². The predicted octanol–water partition coefficient (Wildman–Crippen LogP) is 3.38. The van der Waals surface area contributed by atoms with Crippen LogP contribution in [0.2, 0.25) is 0 Å². The zero-order valence-corrected chi connectivity index (χ0v) is 18.7. The fraction of sp³-hybridized carbons (Fsp3) is 0.208. The van der Waals surface area contributed by atoms with Gasteiger partial charge in [-0.3, -0.25) is 4.79 Å². The lowest BCUT2D eigenvalue weighted by molar-refractivity contribution is 0.0940. The topological polar surface area (TPSA) is 107 Å². The zero-order chi connectivity index (χ0) is 23.2. The van der Waals surface area contributed by atoms with Gasteiger partial charge >= 0.3 is 0 Å². The van der Waals surface area contributed by atoms with Crippen molar-refractivity contribution >= 4 is 11.6 Å². The number of amides is 1. The van der Waals surface area contributed by atoms with Crippen LogP contribution in [0.4, 0.5) is 5.69 Å². The minimum absolute atomic E-state index is 0.154. The van der Waals surface area contributed by atoms with E-state index in [4.69, 9.17) is 4.74 Å². The summed E-state index contributed by atoms with van der Waals surface area (Å²) in [6.45, 7) is 2.39. The fourth-order valence-corrected chi connectivity index (χ4v) is 3.39. The van der Waals surface area contributed by atoms with E-state index in [2.05, 4.69) is 30.8 Å². The first-order valence-corrected chi connectivity index (χ1v) is 10.5. The first-order chi connectivity index (χ1) is 16.0. The van der Waals surface area contributed by atoms with Gasteiger partial charge in [0, 0.05) is 24.5 Å². The SMILES string of the molecule is COc1cccc(C(C)NC(=O)c2cccc(NCc3nnc(-c4ccncn4)n3C)c2)c1. The molecule has 0 aliphatic carbocycles. The summed E-state index contributed by atoms with van der Waals surface area (Å²) in [5.74, 6) is 2.00. The molecule has 2 aromatic heterocycles. The summed E-state index contributed by atoms with van der Waals surface area (Å²) in [5, 5.41) is 14.8.